The molecule has 0 aromatic heterocycles. The Labute approximate surface area is 249 Å². The van der Waals surface area contributed by atoms with Crippen molar-refractivity contribution in [2.45, 2.75) is 94.8 Å². The lowest BCUT2D eigenvalue weighted by molar-refractivity contribution is -0.168. The van der Waals surface area contributed by atoms with E-state index in [1.807, 2.05) is 68.5 Å². The van der Waals surface area contributed by atoms with Gasteiger partial charge in [0.2, 0.25) is 0 Å². The third kappa shape index (κ3) is 9.19. The summed E-state index contributed by atoms with van der Waals surface area (Å²) in [6.45, 7) is 5.64. The molecule has 5 rings (SSSR count). The van der Waals surface area contributed by atoms with Crippen molar-refractivity contribution in [1.82, 2.24) is 0 Å². The van der Waals surface area contributed by atoms with Crippen molar-refractivity contribution in [1.29, 1.82) is 0 Å². The molecule has 1 saturated heterocycles. The highest BCUT2D eigenvalue weighted by Crippen LogP contribution is 2.27. The van der Waals surface area contributed by atoms with Gasteiger partial charge in [-0.2, -0.15) is 0 Å². The summed E-state index contributed by atoms with van der Waals surface area (Å²) >= 11 is 0. The molecule has 226 valence electrons. The second-order valence-electron chi connectivity index (χ2n) is 11.5. The maximum Gasteiger partial charge on any atom is 0.163 e. The zero-order valence-electron chi connectivity index (χ0n) is 24.6. The first-order chi connectivity index (χ1) is 20.4. The molecule has 1 fully saturated rings. The van der Waals surface area contributed by atoms with E-state index in [-0.39, 0.29) is 30.5 Å². The maximum atomic E-state index is 11.0. The summed E-state index contributed by atoms with van der Waals surface area (Å²) in [7, 11) is 0. The van der Waals surface area contributed by atoms with Crippen LogP contribution < -0.4 is 0 Å². The van der Waals surface area contributed by atoms with E-state index in [1.165, 1.54) is 0 Å². The SMILES string of the molecule is CC1(C)OC[C@H](C=C[C@H]2O[C@H]3/C=C\C[C@@H](OCc4ccccc4)[C@H](COCc4ccccc4)O[C@@H]3C/C=C\C[C@@H]2O)O1. The van der Waals surface area contributed by atoms with Crippen molar-refractivity contribution in [2.75, 3.05) is 13.2 Å². The Morgan fingerprint density at radius 2 is 1.57 bits per heavy atom. The van der Waals surface area contributed by atoms with E-state index in [4.69, 9.17) is 28.4 Å². The summed E-state index contributed by atoms with van der Waals surface area (Å²) in [5, 5.41) is 11.0. The standard InChI is InChI=1S/C35H44O7/c1-35(2)39-24-28(42-35)20-21-30-29(36)16-9-10-17-32-33(40-30)19-11-18-31(38-23-27-14-7-4-8-15-27)34(41-32)25-37-22-26-12-5-3-6-13-26/h3-15,19-21,28-34,36H,16-18,22-25H2,1-2H3/b10-9-,19-11-,21-20?/t28-,29-,30+,31+,32+,33-,34-/m0/s1. The minimum Gasteiger partial charge on any atom is -0.390 e. The Morgan fingerprint density at radius 3 is 2.29 bits per heavy atom. The lowest BCUT2D eigenvalue weighted by Crippen LogP contribution is -2.45. The minimum absolute atomic E-state index is 0.187. The molecule has 0 aliphatic carbocycles. The van der Waals surface area contributed by atoms with Gasteiger partial charge in [-0.3, -0.25) is 0 Å². The zero-order chi connectivity index (χ0) is 29.2. The third-order valence-corrected chi connectivity index (χ3v) is 7.68. The quantitative estimate of drug-likeness (QED) is 0.385. The van der Waals surface area contributed by atoms with Gasteiger partial charge >= 0.3 is 0 Å². The van der Waals surface area contributed by atoms with E-state index >= 15 is 0 Å². The van der Waals surface area contributed by atoms with Crippen LogP contribution in [0.4, 0.5) is 0 Å². The summed E-state index contributed by atoms with van der Waals surface area (Å²) in [5.74, 6) is -0.618. The van der Waals surface area contributed by atoms with Gasteiger partial charge in [0.05, 0.1) is 44.7 Å². The van der Waals surface area contributed by atoms with Crippen LogP contribution in [0.25, 0.3) is 0 Å². The van der Waals surface area contributed by atoms with Gasteiger partial charge in [-0.25, -0.2) is 0 Å². The lowest BCUT2D eigenvalue weighted by Gasteiger charge is -2.36. The number of ether oxygens (including phenoxy) is 6. The second kappa shape index (κ2) is 15.2. The van der Waals surface area contributed by atoms with E-state index in [1.54, 1.807) is 0 Å². The number of aliphatic hydroxyl groups excluding tert-OH is 1. The molecule has 3 aliphatic rings. The van der Waals surface area contributed by atoms with Gasteiger partial charge in [0.25, 0.3) is 0 Å². The molecule has 7 heteroatoms. The predicted molar refractivity (Wildman–Crippen MR) is 161 cm³/mol. The van der Waals surface area contributed by atoms with Crippen LogP contribution in [0.3, 0.4) is 0 Å². The second-order valence-corrected chi connectivity index (χ2v) is 11.5. The van der Waals surface area contributed by atoms with Gasteiger partial charge in [0, 0.05) is 0 Å². The first-order valence-electron chi connectivity index (χ1n) is 15.0. The number of benzene rings is 2. The van der Waals surface area contributed by atoms with Gasteiger partial charge < -0.3 is 33.5 Å². The van der Waals surface area contributed by atoms with Gasteiger partial charge in [-0.05, 0) is 44.2 Å². The monoisotopic (exact) mass is 576 g/mol. The Balaban J connectivity index is 1.31. The number of hydrogen-bond donors (Lipinski definition) is 1. The van der Waals surface area contributed by atoms with Crippen LogP contribution in [-0.4, -0.2) is 66.8 Å². The van der Waals surface area contributed by atoms with Crippen molar-refractivity contribution in [3.8, 4) is 0 Å². The van der Waals surface area contributed by atoms with E-state index < -0.39 is 18.0 Å². The normalized spacial score (nSPS) is 33.1. The molecule has 0 bridgehead atoms. The van der Waals surface area contributed by atoms with Crippen LogP contribution in [0.1, 0.15) is 44.2 Å². The predicted octanol–water partition coefficient (Wildman–Crippen LogP) is 5.67. The zero-order valence-corrected chi connectivity index (χ0v) is 24.6. The molecule has 42 heavy (non-hydrogen) atoms. The van der Waals surface area contributed by atoms with E-state index in [0.717, 1.165) is 11.1 Å². The van der Waals surface area contributed by atoms with Crippen LogP contribution in [0.5, 0.6) is 0 Å². The van der Waals surface area contributed by atoms with Crippen molar-refractivity contribution >= 4 is 0 Å². The van der Waals surface area contributed by atoms with E-state index in [2.05, 4.69) is 42.5 Å². The summed E-state index contributed by atoms with van der Waals surface area (Å²) in [4.78, 5) is 0. The minimum atomic E-state index is -0.697. The molecular formula is C35H44O7. The molecule has 1 N–H and O–H groups in total. The molecule has 3 heterocycles. The van der Waals surface area contributed by atoms with E-state index in [0.29, 0.717) is 45.7 Å². The highest BCUT2D eigenvalue weighted by molar-refractivity contribution is 5.14. The van der Waals surface area contributed by atoms with Crippen molar-refractivity contribution in [3.05, 3.63) is 108 Å². The Kier molecular flexibility index (Phi) is 11.2. The molecule has 0 radical (unpaired) electrons. The largest absolute Gasteiger partial charge is 0.390 e. The highest BCUT2D eigenvalue weighted by atomic mass is 16.7. The summed E-state index contributed by atoms with van der Waals surface area (Å²) in [6.07, 6.45) is 11.3. The first kappa shape index (κ1) is 30.8. The highest BCUT2D eigenvalue weighted by Gasteiger charge is 2.35. The summed E-state index contributed by atoms with van der Waals surface area (Å²) < 4.78 is 37.6. The van der Waals surface area contributed by atoms with Crippen molar-refractivity contribution in [2.24, 2.45) is 0 Å². The van der Waals surface area contributed by atoms with Crippen LogP contribution in [-0.2, 0) is 41.6 Å². The summed E-state index contributed by atoms with van der Waals surface area (Å²) in [5.41, 5.74) is 2.22. The first-order valence-corrected chi connectivity index (χ1v) is 15.0. The van der Waals surface area contributed by atoms with Crippen LogP contribution >= 0.6 is 0 Å². The fraction of sp³-hybridized carbons (Fsp3) is 0.486. The fourth-order valence-electron chi connectivity index (χ4n) is 5.39. The number of hydrogen-bond acceptors (Lipinski definition) is 7. The van der Waals surface area contributed by atoms with Crippen LogP contribution in [0.2, 0.25) is 0 Å². The molecule has 0 spiro atoms. The molecule has 0 unspecified atom stereocenters. The number of fused-ring (bicyclic) bond motifs is 1. The van der Waals surface area contributed by atoms with Crippen molar-refractivity contribution in [3.63, 3.8) is 0 Å². The van der Waals surface area contributed by atoms with Crippen LogP contribution in [0.15, 0.2) is 97.1 Å². The molecule has 3 aliphatic heterocycles. The fourth-order valence-corrected chi connectivity index (χ4v) is 5.39. The number of aliphatic hydroxyl groups is 1. The maximum absolute atomic E-state index is 11.0. The molecule has 2 aromatic carbocycles. The Morgan fingerprint density at radius 1 is 0.857 bits per heavy atom. The number of rotatable bonds is 9. The van der Waals surface area contributed by atoms with Crippen LogP contribution in [0, 0.1) is 0 Å². The molecule has 0 amide bonds. The summed E-state index contributed by atoms with van der Waals surface area (Å²) in [6, 6.07) is 20.3. The van der Waals surface area contributed by atoms with Gasteiger partial charge in [-0.15, -0.1) is 0 Å². The molecule has 0 saturated carbocycles. The van der Waals surface area contributed by atoms with Gasteiger partial charge in [0.15, 0.2) is 5.79 Å². The van der Waals surface area contributed by atoms with E-state index in [9.17, 15) is 5.11 Å². The third-order valence-electron chi connectivity index (χ3n) is 7.68. The average Bonchev–Trinajstić information content (AvgIpc) is 3.37. The van der Waals surface area contributed by atoms with Crippen molar-refractivity contribution < 1.29 is 33.5 Å². The molecule has 2 aromatic rings. The lowest BCUT2D eigenvalue weighted by atomic mass is 10.0. The molecule has 7 nitrogen and oxygen atoms in total. The Hall–Kier alpha value is -2.62. The Bertz CT molecular complexity index is 1160. The smallest absolute Gasteiger partial charge is 0.163 e. The molecule has 7 atom stereocenters. The average molecular weight is 577 g/mol. The van der Waals surface area contributed by atoms with Gasteiger partial charge in [0.1, 0.15) is 24.4 Å². The topological polar surface area (TPSA) is 75.6 Å². The molecular weight excluding hydrogens is 532 g/mol. The van der Waals surface area contributed by atoms with Gasteiger partial charge in [-0.1, -0.05) is 97.1 Å².